The number of carbonyl (C=O) groups excluding carboxylic acids is 2. The van der Waals surface area contributed by atoms with Crippen LogP contribution in [-0.4, -0.2) is 21.4 Å². The minimum atomic E-state index is -0.325. The fraction of sp³-hybridized carbons (Fsp3) is 0.0625. The van der Waals surface area contributed by atoms with Gasteiger partial charge in [0, 0.05) is 7.05 Å². The van der Waals surface area contributed by atoms with E-state index in [4.69, 9.17) is 0 Å². The molecule has 0 fully saturated rings. The molecule has 5 heteroatoms. The number of nitrogens with zero attached hydrogens (tertiary/aromatic N) is 3. The lowest BCUT2D eigenvalue weighted by Gasteiger charge is -2.12. The summed E-state index contributed by atoms with van der Waals surface area (Å²) < 4.78 is 1.76. The molecule has 2 aromatic carbocycles. The molecule has 1 aromatic heterocycles. The van der Waals surface area contributed by atoms with Crippen LogP contribution in [0.5, 0.6) is 0 Å². The first kappa shape index (κ1) is 11.8. The Labute approximate surface area is 120 Å². The summed E-state index contributed by atoms with van der Waals surface area (Å²) in [5.74, 6) is -0.301. The van der Waals surface area contributed by atoms with E-state index in [9.17, 15) is 9.59 Å². The monoisotopic (exact) mass is 277 g/mol. The van der Waals surface area contributed by atoms with Gasteiger partial charge in [-0.25, -0.2) is 9.88 Å². The Morgan fingerprint density at radius 3 is 2.05 bits per heavy atom. The van der Waals surface area contributed by atoms with Crippen LogP contribution in [0, 0.1) is 0 Å². The molecule has 2 heterocycles. The maximum atomic E-state index is 12.5. The lowest BCUT2D eigenvalue weighted by molar-refractivity contribution is 0.0923. The van der Waals surface area contributed by atoms with Gasteiger partial charge in [0.2, 0.25) is 5.95 Å². The Morgan fingerprint density at radius 2 is 1.43 bits per heavy atom. The van der Waals surface area contributed by atoms with E-state index in [0.29, 0.717) is 17.1 Å². The minimum Gasteiger partial charge on any atom is -0.312 e. The van der Waals surface area contributed by atoms with Crippen LogP contribution in [0.2, 0.25) is 0 Å². The second-order valence-electron chi connectivity index (χ2n) is 4.95. The first-order valence-corrected chi connectivity index (χ1v) is 6.58. The standard InChI is InChI=1S/C16H11N3O2/c1-18-13-9-5-4-8-12(13)17-16(18)19-14(20)10-6-2-3-7-11(10)15(19)21/h2-9H,1H3. The molecule has 3 aromatic rings. The molecule has 102 valence electrons. The lowest BCUT2D eigenvalue weighted by Crippen LogP contribution is -2.31. The van der Waals surface area contributed by atoms with E-state index in [2.05, 4.69) is 4.98 Å². The number of aromatic nitrogens is 2. The number of rotatable bonds is 1. The Bertz CT molecular complexity index is 876. The number of imidazole rings is 1. The van der Waals surface area contributed by atoms with Gasteiger partial charge in [0.1, 0.15) is 0 Å². The number of aryl methyl sites for hydroxylation is 1. The highest BCUT2D eigenvalue weighted by atomic mass is 16.2. The predicted molar refractivity (Wildman–Crippen MR) is 78.3 cm³/mol. The predicted octanol–water partition coefficient (Wildman–Crippen LogP) is 2.37. The van der Waals surface area contributed by atoms with Gasteiger partial charge in [-0.2, -0.15) is 0 Å². The maximum absolute atomic E-state index is 12.5. The second-order valence-corrected chi connectivity index (χ2v) is 4.95. The number of amides is 2. The number of benzene rings is 2. The summed E-state index contributed by atoms with van der Waals surface area (Å²) in [7, 11) is 1.80. The summed E-state index contributed by atoms with van der Waals surface area (Å²) in [5.41, 5.74) is 2.49. The molecule has 1 aliphatic rings. The molecule has 0 unspecified atom stereocenters. The number of imide groups is 1. The number of hydrogen-bond donors (Lipinski definition) is 0. The van der Waals surface area contributed by atoms with Gasteiger partial charge < -0.3 is 4.57 Å². The van der Waals surface area contributed by atoms with E-state index in [1.54, 1.807) is 35.9 Å². The van der Waals surface area contributed by atoms with Gasteiger partial charge in [-0.15, -0.1) is 0 Å². The van der Waals surface area contributed by atoms with Crippen molar-refractivity contribution < 1.29 is 9.59 Å². The molecule has 2 amide bonds. The summed E-state index contributed by atoms with van der Waals surface area (Å²) in [6, 6.07) is 14.4. The summed E-state index contributed by atoms with van der Waals surface area (Å²) in [6.07, 6.45) is 0. The number of fused-ring (bicyclic) bond motifs is 2. The first-order valence-electron chi connectivity index (χ1n) is 6.58. The fourth-order valence-electron chi connectivity index (χ4n) is 2.70. The van der Waals surface area contributed by atoms with Crippen LogP contribution in [0.15, 0.2) is 48.5 Å². The molecule has 0 radical (unpaired) electrons. The van der Waals surface area contributed by atoms with Gasteiger partial charge in [-0.1, -0.05) is 24.3 Å². The molecule has 0 spiro atoms. The van der Waals surface area contributed by atoms with E-state index >= 15 is 0 Å². The van der Waals surface area contributed by atoms with Crippen molar-refractivity contribution >= 4 is 28.8 Å². The van der Waals surface area contributed by atoms with Crippen molar-refractivity contribution in [3.63, 3.8) is 0 Å². The highest BCUT2D eigenvalue weighted by molar-refractivity contribution is 6.34. The lowest BCUT2D eigenvalue weighted by atomic mass is 10.1. The van der Waals surface area contributed by atoms with Gasteiger partial charge in [0.25, 0.3) is 11.8 Å². The molecule has 1 aliphatic heterocycles. The Kier molecular flexibility index (Phi) is 2.27. The van der Waals surface area contributed by atoms with Crippen molar-refractivity contribution in [1.82, 2.24) is 9.55 Å². The highest BCUT2D eigenvalue weighted by Crippen LogP contribution is 2.29. The topological polar surface area (TPSA) is 55.2 Å². The second kappa shape index (κ2) is 4.02. The number of para-hydroxylation sites is 2. The van der Waals surface area contributed by atoms with Crippen LogP contribution in [0.25, 0.3) is 11.0 Å². The van der Waals surface area contributed by atoms with Crippen LogP contribution in [0.1, 0.15) is 20.7 Å². The zero-order valence-electron chi connectivity index (χ0n) is 11.3. The third kappa shape index (κ3) is 1.48. The molecule has 0 atom stereocenters. The quantitative estimate of drug-likeness (QED) is 0.642. The molecule has 0 saturated carbocycles. The maximum Gasteiger partial charge on any atom is 0.268 e. The minimum absolute atomic E-state index is 0.325. The number of anilines is 1. The fourth-order valence-corrected chi connectivity index (χ4v) is 2.70. The molecule has 5 nitrogen and oxygen atoms in total. The van der Waals surface area contributed by atoms with Crippen molar-refractivity contribution in [3.8, 4) is 0 Å². The number of carbonyl (C=O) groups is 2. The van der Waals surface area contributed by atoms with E-state index in [-0.39, 0.29) is 11.8 Å². The van der Waals surface area contributed by atoms with Gasteiger partial charge in [0.05, 0.1) is 22.2 Å². The Hall–Kier alpha value is -2.95. The van der Waals surface area contributed by atoms with Gasteiger partial charge >= 0.3 is 0 Å². The Balaban J connectivity index is 1.93. The van der Waals surface area contributed by atoms with E-state index < -0.39 is 0 Å². The Morgan fingerprint density at radius 1 is 0.857 bits per heavy atom. The average molecular weight is 277 g/mol. The molecule has 0 saturated heterocycles. The van der Waals surface area contributed by atoms with Crippen molar-refractivity contribution in [2.45, 2.75) is 0 Å². The van der Waals surface area contributed by atoms with Crippen molar-refractivity contribution in [3.05, 3.63) is 59.7 Å². The number of hydrogen-bond acceptors (Lipinski definition) is 3. The molecule has 0 N–H and O–H groups in total. The van der Waals surface area contributed by atoms with E-state index in [1.165, 1.54) is 0 Å². The highest BCUT2D eigenvalue weighted by Gasteiger charge is 2.38. The van der Waals surface area contributed by atoms with Crippen LogP contribution in [-0.2, 0) is 7.05 Å². The normalized spacial score (nSPS) is 14.0. The summed E-state index contributed by atoms with van der Waals surface area (Å²) >= 11 is 0. The smallest absolute Gasteiger partial charge is 0.268 e. The summed E-state index contributed by atoms with van der Waals surface area (Å²) in [6.45, 7) is 0. The van der Waals surface area contributed by atoms with Gasteiger partial charge in [-0.05, 0) is 24.3 Å². The van der Waals surface area contributed by atoms with Crippen LogP contribution in [0.4, 0.5) is 5.95 Å². The molecular formula is C16H11N3O2. The van der Waals surface area contributed by atoms with E-state index in [0.717, 1.165) is 15.9 Å². The molecule has 4 rings (SSSR count). The van der Waals surface area contributed by atoms with Crippen molar-refractivity contribution in [1.29, 1.82) is 0 Å². The van der Waals surface area contributed by atoms with Crippen molar-refractivity contribution in [2.24, 2.45) is 7.05 Å². The van der Waals surface area contributed by atoms with Crippen LogP contribution < -0.4 is 4.90 Å². The van der Waals surface area contributed by atoms with Gasteiger partial charge in [0.15, 0.2) is 0 Å². The van der Waals surface area contributed by atoms with Gasteiger partial charge in [-0.3, -0.25) is 9.59 Å². The zero-order valence-corrected chi connectivity index (χ0v) is 11.3. The summed E-state index contributed by atoms with van der Waals surface area (Å²) in [5, 5.41) is 0. The third-order valence-electron chi connectivity index (χ3n) is 3.76. The van der Waals surface area contributed by atoms with Crippen LogP contribution in [0.3, 0.4) is 0 Å². The molecule has 0 aliphatic carbocycles. The molecule has 21 heavy (non-hydrogen) atoms. The molecular weight excluding hydrogens is 266 g/mol. The average Bonchev–Trinajstić information content (AvgIpc) is 2.96. The largest absolute Gasteiger partial charge is 0.312 e. The molecule has 0 bridgehead atoms. The van der Waals surface area contributed by atoms with Crippen molar-refractivity contribution in [2.75, 3.05) is 4.90 Å². The third-order valence-corrected chi connectivity index (χ3v) is 3.76. The van der Waals surface area contributed by atoms with E-state index in [1.807, 2.05) is 24.3 Å². The zero-order chi connectivity index (χ0) is 14.6. The summed E-state index contributed by atoms with van der Waals surface area (Å²) in [4.78, 5) is 30.5. The first-order chi connectivity index (χ1) is 10.2. The SMILES string of the molecule is Cn1c(N2C(=O)c3ccccc3C2=O)nc2ccccc21. The van der Waals surface area contributed by atoms with Crippen LogP contribution >= 0.6 is 0 Å².